The van der Waals surface area contributed by atoms with Gasteiger partial charge in [-0.2, -0.15) is 5.26 Å². The van der Waals surface area contributed by atoms with Crippen molar-refractivity contribution in [2.24, 2.45) is 0 Å². The highest BCUT2D eigenvalue weighted by Gasteiger charge is 2.16. The van der Waals surface area contributed by atoms with E-state index in [2.05, 4.69) is 5.32 Å². The van der Waals surface area contributed by atoms with E-state index in [1.807, 2.05) is 6.07 Å². The number of nitro groups is 1. The van der Waals surface area contributed by atoms with Crippen molar-refractivity contribution in [1.82, 2.24) is 0 Å². The number of nitriles is 1. The minimum absolute atomic E-state index is 0.0352. The largest absolute Gasteiger partial charge is 0.482 e. The van der Waals surface area contributed by atoms with Gasteiger partial charge in [0.25, 0.3) is 11.6 Å². The predicted molar refractivity (Wildman–Crippen MR) is 88.4 cm³/mol. The number of halogens is 2. The lowest BCUT2D eigenvalue weighted by molar-refractivity contribution is -0.383. The van der Waals surface area contributed by atoms with E-state index in [-0.39, 0.29) is 27.2 Å². The lowest BCUT2D eigenvalue weighted by Gasteiger charge is -2.09. The van der Waals surface area contributed by atoms with Gasteiger partial charge in [-0.1, -0.05) is 23.2 Å². The maximum atomic E-state index is 11.9. The van der Waals surface area contributed by atoms with E-state index < -0.39 is 17.4 Å². The molecule has 122 valence electrons. The number of hydrogen-bond donors (Lipinski definition) is 1. The quantitative estimate of drug-likeness (QED) is 0.640. The molecule has 0 saturated heterocycles. The minimum atomic E-state index is -0.635. The van der Waals surface area contributed by atoms with E-state index in [9.17, 15) is 14.9 Å². The van der Waals surface area contributed by atoms with Crippen molar-refractivity contribution < 1.29 is 14.5 Å². The summed E-state index contributed by atoms with van der Waals surface area (Å²) in [5.41, 5.74) is 0.0301. The molecule has 0 fully saturated rings. The van der Waals surface area contributed by atoms with Gasteiger partial charge >= 0.3 is 0 Å². The summed E-state index contributed by atoms with van der Waals surface area (Å²) in [4.78, 5) is 22.2. The zero-order valence-electron chi connectivity index (χ0n) is 12.0. The summed E-state index contributed by atoms with van der Waals surface area (Å²) in [6.45, 7) is -0.421. The van der Waals surface area contributed by atoms with Gasteiger partial charge in [-0.3, -0.25) is 14.9 Å². The highest BCUT2D eigenvalue weighted by atomic mass is 35.5. The molecule has 0 radical (unpaired) electrons. The van der Waals surface area contributed by atoms with E-state index in [0.29, 0.717) is 5.56 Å². The molecule has 0 atom stereocenters. The van der Waals surface area contributed by atoms with Gasteiger partial charge < -0.3 is 10.1 Å². The first-order chi connectivity index (χ1) is 11.4. The summed E-state index contributed by atoms with van der Waals surface area (Å²) in [6, 6.07) is 10.1. The molecule has 0 spiro atoms. The fourth-order valence-corrected chi connectivity index (χ4v) is 2.19. The third-order valence-corrected chi connectivity index (χ3v) is 3.38. The number of benzene rings is 2. The molecule has 7 nitrogen and oxygen atoms in total. The fraction of sp³-hybridized carbons (Fsp3) is 0.0667. The molecule has 2 aromatic carbocycles. The maximum absolute atomic E-state index is 11.9. The third-order valence-electron chi connectivity index (χ3n) is 2.85. The molecule has 9 heteroatoms. The average molecular weight is 366 g/mol. The minimum Gasteiger partial charge on any atom is -0.482 e. The maximum Gasteiger partial charge on any atom is 0.292 e. The van der Waals surface area contributed by atoms with Gasteiger partial charge in [0.15, 0.2) is 6.61 Å². The van der Waals surface area contributed by atoms with Crippen molar-refractivity contribution in [3.63, 3.8) is 0 Å². The number of nitrogens with one attached hydrogen (secondary N) is 1. The molecule has 0 heterocycles. The molecule has 1 N–H and O–H groups in total. The number of rotatable bonds is 5. The third kappa shape index (κ3) is 4.35. The Labute approximate surface area is 146 Å². The summed E-state index contributed by atoms with van der Waals surface area (Å²) < 4.78 is 5.24. The van der Waals surface area contributed by atoms with Gasteiger partial charge in [-0.25, -0.2) is 0 Å². The van der Waals surface area contributed by atoms with Crippen LogP contribution in [0.3, 0.4) is 0 Å². The van der Waals surface area contributed by atoms with E-state index in [4.69, 9.17) is 33.2 Å². The lowest BCUT2D eigenvalue weighted by Crippen LogP contribution is -2.20. The number of nitro benzene ring substituents is 1. The lowest BCUT2D eigenvalue weighted by atomic mass is 10.2. The second-order valence-corrected chi connectivity index (χ2v) is 5.36. The van der Waals surface area contributed by atoms with Gasteiger partial charge in [0.05, 0.1) is 21.6 Å². The summed E-state index contributed by atoms with van der Waals surface area (Å²) in [6.07, 6.45) is 0. The highest BCUT2D eigenvalue weighted by molar-refractivity contribution is 6.32. The summed E-state index contributed by atoms with van der Waals surface area (Å²) in [5.74, 6) is -0.410. The van der Waals surface area contributed by atoms with Crippen LogP contribution in [0.25, 0.3) is 0 Å². The molecule has 2 rings (SSSR count). The van der Waals surface area contributed by atoms with Crippen molar-refractivity contribution >= 4 is 40.5 Å². The molecule has 1 amide bonds. The number of nitrogens with zero attached hydrogens (tertiary/aromatic N) is 2. The highest BCUT2D eigenvalue weighted by Crippen LogP contribution is 2.28. The van der Waals surface area contributed by atoms with Crippen LogP contribution in [0, 0.1) is 21.4 Å². The van der Waals surface area contributed by atoms with E-state index >= 15 is 0 Å². The number of ether oxygens (including phenoxy) is 1. The van der Waals surface area contributed by atoms with Crippen LogP contribution in [-0.2, 0) is 4.79 Å². The van der Waals surface area contributed by atoms with Crippen LogP contribution in [0.2, 0.25) is 10.0 Å². The molecular formula is C15H9Cl2N3O4. The summed E-state index contributed by atoms with van der Waals surface area (Å²) in [7, 11) is 0. The Morgan fingerprint density at radius 1 is 1.29 bits per heavy atom. The Hall–Kier alpha value is -2.82. The molecule has 0 aliphatic carbocycles. The standard InChI is InChI=1S/C15H9Cl2N3O4/c16-10-2-3-13(20(22)23)12(6-10)19-15(21)8-24-14-4-1-9(7-18)5-11(14)17/h1-6H,8H2,(H,19,21). The molecule has 0 bridgehead atoms. The fourth-order valence-electron chi connectivity index (χ4n) is 1.78. The molecule has 2 aromatic rings. The molecule has 0 aliphatic heterocycles. The number of hydrogen-bond acceptors (Lipinski definition) is 5. The van der Waals surface area contributed by atoms with E-state index in [1.165, 1.54) is 36.4 Å². The van der Waals surface area contributed by atoms with Crippen LogP contribution in [-0.4, -0.2) is 17.4 Å². The van der Waals surface area contributed by atoms with Gasteiger partial charge in [0.1, 0.15) is 11.4 Å². The van der Waals surface area contributed by atoms with Crippen LogP contribution in [0.1, 0.15) is 5.56 Å². The van der Waals surface area contributed by atoms with Crippen molar-refractivity contribution in [2.45, 2.75) is 0 Å². The van der Waals surface area contributed by atoms with Gasteiger partial charge in [0.2, 0.25) is 0 Å². The predicted octanol–water partition coefficient (Wildman–Crippen LogP) is 3.79. The van der Waals surface area contributed by atoms with Crippen molar-refractivity contribution in [2.75, 3.05) is 11.9 Å². The van der Waals surface area contributed by atoms with Crippen LogP contribution in [0.15, 0.2) is 36.4 Å². The van der Waals surface area contributed by atoms with Gasteiger partial charge in [-0.05, 0) is 30.3 Å². The molecular weight excluding hydrogens is 357 g/mol. The number of anilines is 1. The Morgan fingerprint density at radius 3 is 2.67 bits per heavy atom. The average Bonchev–Trinajstić information content (AvgIpc) is 2.53. The molecule has 0 aliphatic rings. The SMILES string of the molecule is N#Cc1ccc(OCC(=O)Nc2cc(Cl)ccc2[N+](=O)[O-])c(Cl)c1. The van der Waals surface area contributed by atoms with Gasteiger partial charge in [-0.15, -0.1) is 0 Å². The van der Waals surface area contributed by atoms with E-state index in [1.54, 1.807) is 0 Å². The van der Waals surface area contributed by atoms with Crippen LogP contribution >= 0.6 is 23.2 Å². The number of carbonyl (C=O) groups excluding carboxylic acids is 1. The molecule has 0 saturated carbocycles. The Balaban J connectivity index is 2.06. The Morgan fingerprint density at radius 2 is 2.04 bits per heavy atom. The molecule has 24 heavy (non-hydrogen) atoms. The normalized spacial score (nSPS) is 9.88. The van der Waals surface area contributed by atoms with Crippen molar-refractivity contribution in [3.8, 4) is 11.8 Å². The van der Waals surface area contributed by atoms with Crippen LogP contribution < -0.4 is 10.1 Å². The second kappa shape index (κ2) is 7.64. The first-order valence-electron chi connectivity index (χ1n) is 6.47. The molecule has 0 aromatic heterocycles. The van der Waals surface area contributed by atoms with E-state index in [0.717, 1.165) is 0 Å². The monoisotopic (exact) mass is 365 g/mol. The van der Waals surface area contributed by atoms with Crippen molar-refractivity contribution in [1.29, 1.82) is 5.26 Å². The Kier molecular flexibility index (Phi) is 5.58. The zero-order valence-corrected chi connectivity index (χ0v) is 13.5. The second-order valence-electron chi connectivity index (χ2n) is 4.51. The zero-order chi connectivity index (χ0) is 17.7. The summed E-state index contributed by atoms with van der Waals surface area (Å²) >= 11 is 11.7. The van der Waals surface area contributed by atoms with Crippen LogP contribution in [0.4, 0.5) is 11.4 Å². The molecule has 0 unspecified atom stereocenters. The number of carbonyl (C=O) groups is 1. The Bertz CT molecular complexity index is 849. The van der Waals surface area contributed by atoms with Gasteiger partial charge in [0, 0.05) is 11.1 Å². The van der Waals surface area contributed by atoms with Crippen LogP contribution in [0.5, 0.6) is 5.75 Å². The smallest absolute Gasteiger partial charge is 0.292 e. The van der Waals surface area contributed by atoms with Crippen molar-refractivity contribution in [3.05, 3.63) is 62.1 Å². The summed E-state index contributed by atoms with van der Waals surface area (Å²) in [5, 5.41) is 22.5. The first kappa shape index (κ1) is 17.5. The first-order valence-corrected chi connectivity index (χ1v) is 7.22. The number of amides is 1. The topological polar surface area (TPSA) is 105 Å².